The molecule has 1 atom stereocenters. The van der Waals surface area contributed by atoms with Crippen LogP contribution in [0.5, 0.6) is 0 Å². The Morgan fingerprint density at radius 2 is 2.00 bits per heavy atom. The summed E-state index contributed by atoms with van der Waals surface area (Å²) in [7, 11) is -1.96. The number of aromatic nitrogens is 1. The Hall–Kier alpha value is -1.14. The van der Waals surface area contributed by atoms with Crippen molar-refractivity contribution in [3.63, 3.8) is 0 Å². The molecule has 0 fully saturated rings. The maximum Gasteiger partial charge on any atom is 0.262 e. The fourth-order valence-electron chi connectivity index (χ4n) is 2.19. The highest BCUT2D eigenvalue weighted by atomic mass is 32.2. The molecule has 1 aromatic heterocycles. The van der Waals surface area contributed by atoms with Gasteiger partial charge < -0.3 is 5.32 Å². The van der Waals surface area contributed by atoms with E-state index in [4.69, 9.17) is 0 Å². The maximum absolute atomic E-state index is 12.8. The minimum Gasteiger partial charge on any atom is -0.383 e. The second-order valence-corrected chi connectivity index (χ2v) is 7.70. The molecule has 120 valence electrons. The Labute approximate surface area is 128 Å². The van der Waals surface area contributed by atoms with Crippen molar-refractivity contribution in [1.29, 1.82) is 0 Å². The van der Waals surface area contributed by atoms with Crippen LogP contribution in [0.2, 0.25) is 0 Å². The second-order valence-electron chi connectivity index (χ2n) is 5.78. The van der Waals surface area contributed by atoms with Crippen molar-refractivity contribution in [3.8, 4) is 0 Å². The molecule has 0 bridgehead atoms. The van der Waals surface area contributed by atoms with E-state index < -0.39 is 10.0 Å². The third-order valence-electron chi connectivity index (χ3n) is 3.39. The molecule has 0 saturated carbocycles. The lowest BCUT2D eigenvalue weighted by Gasteiger charge is -2.26. The molecule has 0 radical (unpaired) electrons. The largest absolute Gasteiger partial charge is 0.383 e. The summed E-state index contributed by atoms with van der Waals surface area (Å²) in [6.45, 7) is 8.87. The minimum absolute atomic E-state index is 0.0592. The zero-order chi connectivity index (χ0) is 16.0. The third kappa shape index (κ3) is 4.68. The number of hydrogen-bond acceptors (Lipinski definition) is 4. The molecule has 1 aromatic rings. The van der Waals surface area contributed by atoms with Gasteiger partial charge >= 0.3 is 0 Å². The molecule has 21 heavy (non-hydrogen) atoms. The van der Waals surface area contributed by atoms with Gasteiger partial charge in [0.15, 0.2) is 5.03 Å². The van der Waals surface area contributed by atoms with E-state index in [1.165, 1.54) is 10.5 Å². The number of pyridine rings is 1. The average molecular weight is 313 g/mol. The SMILES string of the molecule is CCCNc1cccnc1S(=O)(=O)N(C)C(C)CC(C)C. The first-order valence-corrected chi connectivity index (χ1v) is 8.91. The van der Waals surface area contributed by atoms with E-state index in [0.717, 1.165) is 19.4 Å². The van der Waals surface area contributed by atoms with Crippen molar-refractivity contribution in [2.75, 3.05) is 18.9 Å². The van der Waals surface area contributed by atoms with Crippen molar-refractivity contribution in [2.45, 2.75) is 51.6 Å². The van der Waals surface area contributed by atoms with Gasteiger partial charge in [-0.05, 0) is 37.8 Å². The Morgan fingerprint density at radius 1 is 1.33 bits per heavy atom. The van der Waals surface area contributed by atoms with E-state index in [1.807, 2.05) is 13.8 Å². The summed E-state index contributed by atoms with van der Waals surface area (Å²) in [5.41, 5.74) is 0.572. The molecule has 1 N–H and O–H groups in total. The summed E-state index contributed by atoms with van der Waals surface area (Å²) in [5.74, 6) is 0.444. The fourth-order valence-corrected chi connectivity index (χ4v) is 3.64. The number of rotatable bonds is 8. The molecule has 0 aliphatic rings. The first kappa shape index (κ1) is 17.9. The van der Waals surface area contributed by atoms with Crippen LogP contribution in [0.1, 0.15) is 40.5 Å². The summed E-state index contributed by atoms with van der Waals surface area (Å²) < 4.78 is 26.9. The standard InChI is InChI=1S/C15H27N3O2S/c1-6-9-16-14-8-7-10-17-15(14)21(19,20)18(5)13(4)11-12(2)3/h7-8,10,12-13,16H,6,9,11H2,1-5H3. The van der Waals surface area contributed by atoms with Crippen molar-refractivity contribution in [3.05, 3.63) is 18.3 Å². The molecule has 0 aromatic carbocycles. The van der Waals surface area contributed by atoms with Gasteiger partial charge in [-0.1, -0.05) is 20.8 Å². The van der Waals surface area contributed by atoms with E-state index in [9.17, 15) is 8.42 Å². The van der Waals surface area contributed by atoms with Crippen LogP contribution in [-0.2, 0) is 10.0 Å². The number of sulfonamides is 1. The molecule has 0 spiro atoms. The van der Waals surface area contributed by atoms with Gasteiger partial charge in [0.25, 0.3) is 10.0 Å². The molecule has 6 heteroatoms. The van der Waals surface area contributed by atoms with Crippen molar-refractivity contribution in [1.82, 2.24) is 9.29 Å². The third-order valence-corrected chi connectivity index (χ3v) is 5.33. The lowest BCUT2D eigenvalue weighted by molar-refractivity contribution is 0.337. The normalized spacial score (nSPS) is 13.7. The lowest BCUT2D eigenvalue weighted by atomic mass is 10.1. The quantitative estimate of drug-likeness (QED) is 0.801. The lowest BCUT2D eigenvalue weighted by Crippen LogP contribution is -2.36. The molecule has 0 saturated heterocycles. The monoisotopic (exact) mass is 313 g/mol. The fraction of sp³-hybridized carbons (Fsp3) is 0.667. The Balaban J connectivity index is 3.07. The number of nitrogens with zero attached hydrogens (tertiary/aromatic N) is 2. The van der Waals surface area contributed by atoms with Crippen LogP contribution in [0.25, 0.3) is 0 Å². The molecular weight excluding hydrogens is 286 g/mol. The summed E-state index contributed by atoms with van der Waals surface area (Å²) in [6.07, 6.45) is 3.26. The molecule has 0 aliphatic carbocycles. The van der Waals surface area contributed by atoms with Gasteiger partial charge in [0.05, 0.1) is 5.69 Å². The molecule has 0 amide bonds. The predicted molar refractivity (Wildman–Crippen MR) is 86.9 cm³/mol. The first-order valence-electron chi connectivity index (χ1n) is 7.47. The highest BCUT2D eigenvalue weighted by Crippen LogP contribution is 2.24. The summed E-state index contributed by atoms with van der Waals surface area (Å²) in [4.78, 5) is 4.09. The van der Waals surface area contributed by atoms with Gasteiger partial charge in [-0.2, -0.15) is 4.31 Å². The van der Waals surface area contributed by atoms with Crippen molar-refractivity contribution >= 4 is 15.7 Å². The molecular formula is C15H27N3O2S. The zero-order valence-corrected chi connectivity index (χ0v) is 14.4. The van der Waals surface area contributed by atoms with E-state index in [2.05, 4.69) is 24.1 Å². The Kier molecular flexibility index (Phi) is 6.61. The summed E-state index contributed by atoms with van der Waals surface area (Å²) in [5, 5.41) is 3.24. The predicted octanol–water partition coefficient (Wildman–Crippen LogP) is 2.96. The van der Waals surface area contributed by atoms with Crippen LogP contribution in [0.4, 0.5) is 5.69 Å². The molecule has 0 aliphatic heterocycles. The van der Waals surface area contributed by atoms with Gasteiger partial charge in [0, 0.05) is 25.8 Å². The van der Waals surface area contributed by atoms with Gasteiger partial charge in [-0.3, -0.25) is 0 Å². The van der Waals surface area contributed by atoms with Gasteiger partial charge in [0.1, 0.15) is 0 Å². The molecule has 5 nitrogen and oxygen atoms in total. The molecule has 1 rings (SSSR count). The smallest absolute Gasteiger partial charge is 0.262 e. The minimum atomic E-state index is -3.59. The highest BCUT2D eigenvalue weighted by Gasteiger charge is 2.29. The van der Waals surface area contributed by atoms with Gasteiger partial charge in [0.2, 0.25) is 0 Å². The van der Waals surface area contributed by atoms with E-state index in [-0.39, 0.29) is 11.1 Å². The van der Waals surface area contributed by atoms with Crippen LogP contribution in [0.15, 0.2) is 23.4 Å². The highest BCUT2D eigenvalue weighted by molar-refractivity contribution is 7.89. The molecule has 1 unspecified atom stereocenters. The molecule has 1 heterocycles. The summed E-state index contributed by atoms with van der Waals surface area (Å²) >= 11 is 0. The average Bonchev–Trinajstić information content (AvgIpc) is 2.43. The zero-order valence-electron chi connectivity index (χ0n) is 13.6. The topological polar surface area (TPSA) is 62.3 Å². The summed E-state index contributed by atoms with van der Waals surface area (Å²) in [6, 6.07) is 3.45. The van der Waals surface area contributed by atoms with E-state index in [1.54, 1.807) is 19.2 Å². The first-order chi connectivity index (χ1) is 9.80. The van der Waals surface area contributed by atoms with E-state index >= 15 is 0 Å². The van der Waals surface area contributed by atoms with Crippen LogP contribution in [-0.4, -0.2) is 37.3 Å². The van der Waals surface area contributed by atoms with Crippen molar-refractivity contribution in [2.24, 2.45) is 5.92 Å². The number of anilines is 1. The van der Waals surface area contributed by atoms with Gasteiger partial charge in [-0.15, -0.1) is 0 Å². The Morgan fingerprint density at radius 3 is 2.57 bits per heavy atom. The van der Waals surface area contributed by atoms with Crippen molar-refractivity contribution < 1.29 is 8.42 Å². The van der Waals surface area contributed by atoms with Gasteiger partial charge in [-0.25, -0.2) is 13.4 Å². The maximum atomic E-state index is 12.8. The Bertz CT molecular complexity index is 544. The van der Waals surface area contributed by atoms with Crippen LogP contribution in [0, 0.1) is 5.92 Å². The second kappa shape index (κ2) is 7.75. The van der Waals surface area contributed by atoms with Crippen LogP contribution >= 0.6 is 0 Å². The van der Waals surface area contributed by atoms with Crippen LogP contribution in [0.3, 0.4) is 0 Å². The van der Waals surface area contributed by atoms with E-state index in [0.29, 0.717) is 11.6 Å². The number of hydrogen-bond donors (Lipinski definition) is 1. The number of nitrogens with one attached hydrogen (secondary N) is 1. The van der Waals surface area contributed by atoms with Crippen LogP contribution < -0.4 is 5.32 Å².